The van der Waals surface area contributed by atoms with Gasteiger partial charge in [0.05, 0.1) is 6.61 Å². The number of hydrogen-bond acceptors (Lipinski definition) is 6. The number of nitrogens with one attached hydrogen (secondary N) is 1. The lowest BCUT2D eigenvalue weighted by atomic mass is 9.81. The number of carbonyl (C=O) groups is 1. The van der Waals surface area contributed by atoms with Crippen LogP contribution < -0.4 is 10.1 Å². The molecule has 1 aromatic heterocycles. The van der Waals surface area contributed by atoms with Crippen LogP contribution in [-0.4, -0.2) is 33.1 Å². The molecule has 0 radical (unpaired) electrons. The number of fused-ring (bicyclic) bond motifs is 6. The largest absolute Gasteiger partial charge is 0.467 e. The standard InChI is InChI=1S/C15H16N4O3/c1-3-21-13(20)11-12-9-6-4-5-7-10(9)22-15(11,2)18-14-16-8-17-19(12)14/h4-8,11-12H,3H2,1-2H3,(H,16,17,18). The molecule has 7 nitrogen and oxygen atoms in total. The summed E-state index contributed by atoms with van der Waals surface area (Å²) in [5.74, 6) is 0.474. The Morgan fingerprint density at radius 3 is 3.14 bits per heavy atom. The number of hydrogen-bond donors (Lipinski definition) is 1. The van der Waals surface area contributed by atoms with Gasteiger partial charge >= 0.3 is 5.97 Å². The van der Waals surface area contributed by atoms with Gasteiger partial charge in [0.15, 0.2) is 5.72 Å². The van der Waals surface area contributed by atoms with E-state index < -0.39 is 11.6 Å². The van der Waals surface area contributed by atoms with E-state index in [0.29, 0.717) is 12.6 Å². The van der Waals surface area contributed by atoms with E-state index in [1.165, 1.54) is 6.33 Å². The fourth-order valence-corrected chi connectivity index (χ4v) is 3.32. The summed E-state index contributed by atoms with van der Waals surface area (Å²) in [7, 11) is 0. The molecule has 0 saturated heterocycles. The number of nitrogens with zero attached hydrogens (tertiary/aromatic N) is 3. The molecule has 22 heavy (non-hydrogen) atoms. The summed E-state index contributed by atoms with van der Waals surface area (Å²) in [6.45, 7) is 3.96. The average molecular weight is 300 g/mol. The summed E-state index contributed by atoms with van der Waals surface area (Å²) in [4.78, 5) is 16.8. The van der Waals surface area contributed by atoms with Crippen molar-refractivity contribution in [2.24, 2.45) is 5.92 Å². The van der Waals surface area contributed by atoms with Gasteiger partial charge in [0.1, 0.15) is 24.0 Å². The van der Waals surface area contributed by atoms with Crippen LogP contribution in [0.2, 0.25) is 0 Å². The fourth-order valence-electron chi connectivity index (χ4n) is 3.32. The molecule has 0 aliphatic carbocycles. The van der Waals surface area contributed by atoms with E-state index in [0.717, 1.165) is 11.3 Å². The Morgan fingerprint density at radius 2 is 2.32 bits per heavy atom. The topological polar surface area (TPSA) is 78.3 Å². The van der Waals surface area contributed by atoms with Gasteiger partial charge in [-0.2, -0.15) is 10.1 Å². The minimum atomic E-state index is -0.922. The smallest absolute Gasteiger partial charge is 0.317 e. The lowest BCUT2D eigenvalue weighted by Gasteiger charge is -2.48. The van der Waals surface area contributed by atoms with E-state index in [1.54, 1.807) is 11.6 Å². The van der Waals surface area contributed by atoms with E-state index in [4.69, 9.17) is 9.47 Å². The predicted octanol–water partition coefficient (Wildman–Crippen LogP) is 1.58. The zero-order chi connectivity index (χ0) is 15.3. The highest BCUT2D eigenvalue weighted by molar-refractivity contribution is 5.77. The second-order valence-corrected chi connectivity index (χ2v) is 5.57. The highest BCUT2D eigenvalue weighted by Gasteiger charge is 2.57. The van der Waals surface area contributed by atoms with Gasteiger partial charge in [0, 0.05) is 5.56 Å². The number of benzene rings is 1. The van der Waals surface area contributed by atoms with Crippen LogP contribution in [0, 0.1) is 5.92 Å². The molecule has 1 N–H and O–H groups in total. The highest BCUT2D eigenvalue weighted by Crippen LogP contribution is 2.49. The molecular weight excluding hydrogens is 284 g/mol. The molecule has 2 aliphatic rings. The van der Waals surface area contributed by atoms with Crippen molar-refractivity contribution >= 4 is 11.9 Å². The number of para-hydroxylation sites is 1. The van der Waals surface area contributed by atoms with E-state index in [1.807, 2.05) is 31.2 Å². The Bertz CT molecular complexity index is 744. The van der Waals surface area contributed by atoms with Gasteiger partial charge in [-0.3, -0.25) is 4.79 Å². The maximum absolute atomic E-state index is 12.6. The maximum atomic E-state index is 12.6. The first-order valence-corrected chi connectivity index (χ1v) is 7.26. The summed E-state index contributed by atoms with van der Waals surface area (Å²) in [6, 6.07) is 7.37. The van der Waals surface area contributed by atoms with Crippen LogP contribution in [0.5, 0.6) is 5.75 Å². The first-order chi connectivity index (χ1) is 10.6. The van der Waals surface area contributed by atoms with Crippen LogP contribution in [-0.2, 0) is 9.53 Å². The molecule has 2 aromatic rings. The summed E-state index contributed by atoms with van der Waals surface area (Å²) < 4.78 is 13.1. The molecule has 3 unspecified atom stereocenters. The van der Waals surface area contributed by atoms with Crippen LogP contribution in [0.15, 0.2) is 30.6 Å². The van der Waals surface area contributed by atoms with Crippen molar-refractivity contribution in [3.63, 3.8) is 0 Å². The zero-order valence-electron chi connectivity index (χ0n) is 12.3. The van der Waals surface area contributed by atoms with Crippen molar-refractivity contribution in [3.8, 4) is 5.75 Å². The van der Waals surface area contributed by atoms with Crippen LogP contribution in [0.3, 0.4) is 0 Å². The molecule has 0 fully saturated rings. The van der Waals surface area contributed by atoms with Gasteiger partial charge in [-0.05, 0) is 19.9 Å². The maximum Gasteiger partial charge on any atom is 0.317 e. The third kappa shape index (κ3) is 1.65. The van der Waals surface area contributed by atoms with E-state index in [9.17, 15) is 4.79 Å². The lowest BCUT2D eigenvalue weighted by molar-refractivity contribution is -0.159. The third-order valence-corrected chi connectivity index (χ3v) is 4.21. The van der Waals surface area contributed by atoms with Gasteiger partial charge in [0.25, 0.3) is 0 Å². The summed E-state index contributed by atoms with van der Waals surface area (Å²) in [5, 5.41) is 7.46. The number of esters is 1. The number of aromatic nitrogens is 3. The first kappa shape index (κ1) is 13.1. The van der Waals surface area contributed by atoms with Crippen molar-refractivity contribution in [2.75, 3.05) is 11.9 Å². The number of ether oxygens (including phenoxy) is 2. The van der Waals surface area contributed by atoms with Gasteiger partial charge in [-0.25, -0.2) is 4.68 Å². The van der Waals surface area contributed by atoms with E-state index in [-0.39, 0.29) is 12.0 Å². The minimum Gasteiger partial charge on any atom is -0.467 e. The monoisotopic (exact) mass is 300 g/mol. The van der Waals surface area contributed by atoms with Crippen LogP contribution in [0.25, 0.3) is 0 Å². The van der Waals surface area contributed by atoms with Crippen molar-refractivity contribution in [3.05, 3.63) is 36.2 Å². The van der Waals surface area contributed by atoms with Gasteiger partial charge in [-0.15, -0.1) is 0 Å². The predicted molar refractivity (Wildman–Crippen MR) is 77.4 cm³/mol. The average Bonchev–Trinajstić information content (AvgIpc) is 2.93. The molecule has 114 valence electrons. The Labute approximate surface area is 127 Å². The molecule has 2 bridgehead atoms. The summed E-state index contributed by atoms with van der Waals surface area (Å²) in [6.07, 6.45) is 1.47. The highest BCUT2D eigenvalue weighted by atomic mass is 16.5. The molecule has 3 atom stereocenters. The van der Waals surface area contributed by atoms with Gasteiger partial charge in [-0.1, -0.05) is 18.2 Å². The van der Waals surface area contributed by atoms with Gasteiger partial charge in [0.2, 0.25) is 5.95 Å². The normalized spacial score (nSPS) is 27.9. The quantitative estimate of drug-likeness (QED) is 0.848. The van der Waals surface area contributed by atoms with Crippen molar-refractivity contribution in [1.29, 1.82) is 0 Å². The van der Waals surface area contributed by atoms with E-state index in [2.05, 4.69) is 15.4 Å². The van der Waals surface area contributed by atoms with Crippen molar-refractivity contribution in [2.45, 2.75) is 25.6 Å². The van der Waals surface area contributed by atoms with E-state index >= 15 is 0 Å². The second kappa shape index (κ2) is 4.46. The first-order valence-electron chi connectivity index (χ1n) is 7.26. The molecule has 3 heterocycles. The molecule has 0 spiro atoms. The molecule has 1 aromatic carbocycles. The molecule has 2 aliphatic heterocycles. The Balaban J connectivity index is 1.93. The number of anilines is 1. The Hall–Kier alpha value is -2.57. The Kier molecular flexibility index (Phi) is 2.66. The van der Waals surface area contributed by atoms with Crippen LogP contribution >= 0.6 is 0 Å². The molecule has 7 heteroatoms. The van der Waals surface area contributed by atoms with Crippen molar-refractivity contribution in [1.82, 2.24) is 14.8 Å². The van der Waals surface area contributed by atoms with Crippen LogP contribution in [0.1, 0.15) is 25.5 Å². The second-order valence-electron chi connectivity index (χ2n) is 5.57. The zero-order valence-corrected chi connectivity index (χ0v) is 12.3. The minimum absolute atomic E-state index is 0.298. The third-order valence-electron chi connectivity index (χ3n) is 4.21. The SMILES string of the molecule is CCOC(=O)C1C2c3ccccc3OC1(C)Nc1ncnn12. The molecule has 0 amide bonds. The summed E-state index contributed by atoms with van der Waals surface area (Å²) in [5.41, 5.74) is -0.0137. The summed E-state index contributed by atoms with van der Waals surface area (Å²) >= 11 is 0. The molecule has 0 saturated carbocycles. The Morgan fingerprint density at radius 1 is 1.50 bits per heavy atom. The van der Waals surface area contributed by atoms with Crippen LogP contribution in [0.4, 0.5) is 5.95 Å². The van der Waals surface area contributed by atoms with Gasteiger partial charge < -0.3 is 14.8 Å². The lowest BCUT2D eigenvalue weighted by Crippen LogP contribution is -2.60. The fraction of sp³-hybridized carbons (Fsp3) is 0.400. The molecular formula is C15H16N4O3. The molecule has 4 rings (SSSR count). The van der Waals surface area contributed by atoms with Crippen molar-refractivity contribution < 1.29 is 14.3 Å². The number of carbonyl (C=O) groups excluding carboxylic acids is 1. The number of rotatable bonds is 2.